The van der Waals surface area contributed by atoms with Crippen LogP contribution in [0.4, 0.5) is 5.69 Å². The summed E-state index contributed by atoms with van der Waals surface area (Å²) >= 11 is 0. The SMILES string of the molecule is c1ccc(CNC2CCCN(c3ccccc3)C2)cc1. The molecule has 2 aromatic carbocycles. The van der Waals surface area contributed by atoms with Gasteiger partial charge in [-0.3, -0.25) is 0 Å². The third-order valence-electron chi connectivity index (χ3n) is 3.98. The van der Waals surface area contributed by atoms with E-state index in [1.54, 1.807) is 0 Å². The molecule has 1 N–H and O–H groups in total. The lowest BCUT2D eigenvalue weighted by Crippen LogP contribution is -2.45. The van der Waals surface area contributed by atoms with Gasteiger partial charge in [-0.15, -0.1) is 0 Å². The van der Waals surface area contributed by atoms with Crippen molar-refractivity contribution in [2.45, 2.75) is 25.4 Å². The minimum absolute atomic E-state index is 0.587. The first-order valence-electron chi connectivity index (χ1n) is 7.49. The number of nitrogens with zero attached hydrogens (tertiary/aromatic N) is 1. The molecule has 0 aliphatic carbocycles. The van der Waals surface area contributed by atoms with Crippen LogP contribution in [0.25, 0.3) is 0 Å². The first-order chi connectivity index (χ1) is 9.92. The standard InChI is InChI=1S/C18H22N2/c1-3-8-16(9-4-1)14-19-17-10-7-13-20(15-17)18-11-5-2-6-12-18/h1-6,8-9,11-12,17,19H,7,10,13-15H2. The van der Waals surface area contributed by atoms with Crippen molar-refractivity contribution in [1.82, 2.24) is 5.32 Å². The lowest BCUT2D eigenvalue weighted by atomic mass is 10.0. The molecular formula is C18H22N2. The van der Waals surface area contributed by atoms with Gasteiger partial charge in [-0.05, 0) is 30.5 Å². The molecule has 0 radical (unpaired) electrons. The van der Waals surface area contributed by atoms with Crippen LogP contribution < -0.4 is 10.2 Å². The number of hydrogen-bond acceptors (Lipinski definition) is 2. The van der Waals surface area contributed by atoms with Crippen LogP contribution in [-0.4, -0.2) is 19.1 Å². The highest BCUT2D eigenvalue weighted by atomic mass is 15.2. The maximum Gasteiger partial charge on any atom is 0.0366 e. The first kappa shape index (κ1) is 13.2. The Morgan fingerprint density at radius 2 is 1.65 bits per heavy atom. The molecule has 2 aromatic rings. The number of benzene rings is 2. The van der Waals surface area contributed by atoms with Gasteiger partial charge in [-0.2, -0.15) is 0 Å². The largest absolute Gasteiger partial charge is 0.370 e. The van der Waals surface area contributed by atoms with Gasteiger partial charge in [0.1, 0.15) is 0 Å². The van der Waals surface area contributed by atoms with Gasteiger partial charge in [0.25, 0.3) is 0 Å². The van der Waals surface area contributed by atoms with E-state index >= 15 is 0 Å². The molecule has 0 aromatic heterocycles. The van der Waals surface area contributed by atoms with Crippen LogP contribution in [-0.2, 0) is 6.54 Å². The van der Waals surface area contributed by atoms with Crippen LogP contribution in [0.5, 0.6) is 0 Å². The number of rotatable bonds is 4. The minimum atomic E-state index is 0.587. The zero-order valence-electron chi connectivity index (χ0n) is 11.8. The Bertz CT molecular complexity index is 509. The van der Waals surface area contributed by atoms with Gasteiger partial charge in [0.15, 0.2) is 0 Å². The highest BCUT2D eigenvalue weighted by Crippen LogP contribution is 2.19. The van der Waals surface area contributed by atoms with Gasteiger partial charge in [0.2, 0.25) is 0 Å². The highest BCUT2D eigenvalue weighted by Gasteiger charge is 2.19. The van der Waals surface area contributed by atoms with Gasteiger partial charge in [-0.25, -0.2) is 0 Å². The fourth-order valence-electron chi connectivity index (χ4n) is 2.88. The quantitative estimate of drug-likeness (QED) is 0.912. The van der Waals surface area contributed by atoms with Gasteiger partial charge in [0, 0.05) is 31.4 Å². The van der Waals surface area contributed by atoms with Crippen LogP contribution in [0.1, 0.15) is 18.4 Å². The molecule has 1 aliphatic rings. The van der Waals surface area contributed by atoms with Crippen LogP contribution in [0.2, 0.25) is 0 Å². The fraction of sp³-hybridized carbons (Fsp3) is 0.333. The molecule has 0 amide bonds. The van der Waals surface area contributed by atoms with Crippen molar-refractivity contribution in [2.24, 2.45) is 0 Å². The van der Waals surface area contributed by atoms with Gasteiger partial charge in [-0.1, -0.05) is 48.5 Å². The topological polar surface area (TPSA) is 15.3 Å². The third kappa shape index (κ3) is 3.40. The third-order valence-corrected chi connectivity index (χ3v) is 3.98. The molecule has 1 unspecified atom stereocenters. The molecule has 2 heteroatoms. The van der Waals surface area contributed by atoms with Gasteiger partial charge in [0.05, 0.1) is 0 Å². The van der Waals surface area contributed by atoms with E-state index in [0.717, 1.165) is 13.1 Å². The summed E-state index contributed by atoms with van der Waals surface area (Å²) in [5.41, 5.74) is 2.71. The van der Waals surface area contributed by atoms with Crippen molar-refractivity contribution in [3.63, 3.8) is 0 Å². The summed E-state index contributed by atoms with van der Waals surface area (Å²) in [6, 6.07) is 22.0. The zero-order chi connectivity index (χ0) is 13.6. The number of nitrogens with one attached hydrogen (secondary N) is 1. The molecular weight excluding hydrogens is 244 g/mol. The van der Waals surface area contributed by atoms with Gasteiger partial charge >= 0.3 is 0 Å². The molecule has 1 fully saturated rings. The maximum atomic E-state index is 3.70. The Morgan fingerprint density at radius 1 is 0.950 bits per heavy atom. The molecule has 1 saturated heterocycles. The number of para-hydroxylation sites is 1. The van der Waals surface area contributed by atoms with Crippen molar-refractivity contribution in [1.29, 1.82) is 0 Å². The van der Waals surface area contributed by atoms with Crippen molar-refractivity contribution in [2.75, 3.05) is 18.0 Å². The smallest absolute Gasteiger partial charge is 0.0366 e. The van der Waals surface area contributed by atoms with Crippen LogP contribution in [0.15, 0.2) is 60.7 Å². The molecule has 1 aliphatic heterocycles. The van der Waals surface area contributed by atoms with Crippen molar-refractivity contribution < 1.29 is 0 Å². The Morgan fingerprint density at radius 3 is 2.40 bits per heavy atom. The van der Waals surface area contributed by atoms with E-state index in [1.165, 1.54) is 30.6 Å². The number of piperidine rings is 1. The van der Waals surface area contributed by atoms with E-state index in [4.69, 9.17) is 0 Å². The molecule has 1 atom stereocenters. The summed E-state index contributed by atoms with van der Waals surface area (Å²) in [5.74, 6) is 0. The Kier molecular flexibility index (Phi) is 4.34. The second-order valence-corrected chi connectivity index (χ2v) is 5.49. The summed E-state index contributed by atoms with van der Waals surface area (Å²) in [4.78, 5) is 2.49. The highest BCUT2D eigenvalue weighted by molar-refractivity contribution is 5.46. The second-order valence-electron chi connectivity index (χ2n) is 5.49. The van der Waals surface area contributed by atoms with E-state index < -0.39 is 0 Å². The van der Waals surface area contributed by atoms with Gasteiger partial charge < -0.3 is 10.2 Å². The summed E-state index contributed by atoms with van der Waals surface area (Å²) in [6.45, 7) is 3.25. The predicted molar refractivity (Wildman–Crippen MR) is 85.0 cm³/mol. The number of anilines is 1. The lowest BCUT2D eigenvalue weighted by molar-refractivity contribution is 0.421. The number of hydrogen-bond donors (Lipinski definition) is 1. The molecule has 0 spiro atoms. The Hall–Kier alpha value is -1.80. The summed E-state index contributed by atoms with van der Waals surface area (Å²) in [6.07, 6.45) is 2.54. The van der Waals surface area contributed by atoms with E-state index in [9.17, 15) is 0 Å². The summed E-state index contributed by atoms with van der Waals surface area (Å²) in [5, 5.41) is 3.70. The van der Waals surface area contributed by atoms with Crippen LogP contribution in [0.3, 0.4) is 0 Å². The van der Waals surface area contributed by atoms with Crippen molar-refractivity contribution in [3.05, 3.63) is 66.2 Å². The molecule has 20 heavy (non-hydrogen) atoms. The monoisotopic (exact) mass is 266 g/mol. The molecule has 104 valence electrons. The summed E-state index contributed by atoms with van der Waals surface area (Å²) < 4.78 is 0. The molecule has 3 rings (SSSR count). The zero-order valence-corrected chi connectivity index (χ0v) is 11.8. The average molecular weight is 266 g/mol. The summed E-state index contributed by atoms with van der Waals surface area (Å²) in [7, 11) is 0. The fourth-order valence-corrected chi connectivity index (χ4v) is 2.88. The molecule has 2 nitrogen and oxygen atoms in total. The average Bonchev–Trinajstić information content (AvgIpc) is 2.55. The predicted octanol–water partition coefficient (Wildman–Crippen LogP) is 3.45. The van der Waals surface area contributed by atoms with E-state index in [2.05, 4.69) is 70.9 Å². The van der Waals surface area contributed by atoms with E-state index in [0.29, 0.717) is 6.04 Å². The van der Waals surface area contributed by atoms with Crippen molar-refractivity contribution in [3.8, 4) is 0 Å². The molecule has 1 heterocycles. The molecule has 0 bridgehead atoms. The second kappa shape index (κ2) is 6.58. The van der Waals surface area contributed by atoms with Crippen molar-refractivity contribution >= 4 is 5.69 Å². The molecule has 0 saturated carbocycles. The lowest BCUT2D eigenvalue weighted by Gasteiger charge is -2.35. The Labute approximate surface area is 121 Å². The maximum absolute atomic E-state index is 3.70. The van der Waals surface area contributed by atoms with E-state index in [-0.39, 0.29) is 0 Å². The van der Waals surface area contributed by atoms with Crippen LogP contribution in [0, 0.1) is 0 Å². The van der Waals surface area contributed by atoms with E-state index in [1.807, 2.05) is 0 Å². The Balaban J connectivity index is 1.56. The first-order valence-corrected chi connectivity index (χ1v) is 7.49. The van der Waals surface area contributed by atoms with Crippen LogP contribution >= 0.6 is 0 Å². The minimum Gasteiger partial charge on any atom is -0.370 e. The normalized spacial score (nSPS) is 19.0.